The number of carbonyl (C=O) groups is 1. The number of hydrogen-bond donors (Lipinski definition) is 1. The molecule has 3 nitrogen and oxygen atoms in total. The summed E-state index contributed by atoms with van der Waals surface area (Å²) in [5.74, 6) is -0.122. The van der Waals surface area contributed by atoms with Crippen LogP contribution in [0, 0.1) is 11.3 Å². The summed E-state index contributed by atoms with van der Waals surface area (Å²) in [5.41, 5.74) is 2.72. The van der Waals surface area contributed by atoms with Crippen molar-refractivity contribution in [2.24, 2.45) is 0 Å². The Morgan fingerprint density at radius 3 is 2.30 bits per heavy atom. The van der Waals surface area contributed by atoms with E-state index in [2.05, 4.69) is 11.4 Å². The summed E-state index contributed by atoms with van der Waals surface area (Å²) >= 11 is 0. The van der Waals surface area contributed by atoms with Gasteiger partial charge in [-0.3, -0.25) is 4.79 Å². The summed E-state index contributed by atoms with van der Waals surface area (Å²) in [6.07, 6.45) is 0. The Morgan fingerprint density at radius 1 is 1.05 bits per heavy atom. The van der Waals surface area contributed by atoms with Crippen LogP contribution in [0.15, 0.2) is 48.5 Å². The highest BCUT2D eigenvalue weighted by Crippen LogP contribution is 2.26. The standard InChI is InChI=1S/C17H16N2O/c1-12(2)19-17(20)16-10-6-5-9-15(16)14-8-4-3-7-13(14)11-18/h3-10,12H,1-2H3,(H,19,20). The minimum absolute atomic E-state index is 0.0711. The molecule has 0 saturated heterocycles. The van der Waals surface area contributed by atoms with Gasteiger partial charge in [-0.15, -0.1) is 0 Å². The lowest BCUT2D eigenvalue weighted by Gasteiger charge is -2.13. The average molecular weight is 264 g/mol. The van der Waals surface area contributed by atoms with E-state index in [-0.39, 0.29) is 11.9 Å². The first kappa shape index (κ1) is 13.8. The normalized spacial score (nSPS) is 10.1. The van der Waals surface area contributed by atoms with Crippen LogP contribution in [0.2, 0.25) is 0 Å². The molecule has 0 aliphatic rings. The maximum Gasteiger partial charge on any atom is 0.252 e. The third-order valence-corrected chi connectivity index (χ3v) is 2.93. The summed E-state index contributed by atoms with van der Waals surface area (Å²) < 4.78 is 0. The Labute approximate surface area is 118 Å². The van der Waals surface area contributed by atoms with Gasteiger partial charge in [0.1, 0.15) is 0 Å². The molecule has 1 amide bonds. The molecule has 0 aliphatic carbocycles. The highest BCUT2D eigenvalue weighted by Gasteiger charge is 2.14. The number of nitrogens with zero attached hydrogens (tertiary/aromatic N) is 1. The van der Waals surface area contributed by atoms with Gasteiger partial charge in [-0.25, -0.2) is 0 Å². The fourth-order valence-corrected chi connectivity index (χ4v) is 2.07. The third-order valence-electron chi connectivity index (χ3n) is 2.93. The quantitative estimate of drug-likeness (QED) is 0.924. The zero-order valence-corrected chi connectivity index (χ0v) is 11.6. The fraction of sp³-hybridized carbons (Fsp3) is 0.176. The van der Waals surface area contributed by atoms with Gasteiger partial charge in [-0.2, -0.15) is 5.26 Å². The van der Waals surface area contributed by atoms with Crippen molar-refractivity contribution in [1.29, 1.82) is 5.26 Å². The van der Waals surface area contributed by atoms with Gasteiger partial charge in [0.2, 0.25) is 0 Å². The number of rotatable bonds is 3. The van der Waals surface area contributed by atoms with Crippen molar-refractivity contribution in [2.45, 2.75) is 19.9 Å². The molecular weight excluding hydrogens is 248 g/mol. The highest BCUT2D eigenvalue weighted by molar-refractivity contribution is 6.01. The van der Waals surface area contributed by atoms with E-state index < -0.39 is 0 Å². The molecule has 2 rings (SSSR count). The lowest BCUT2D eigenvalue weighted by molar-refractivity contribution is 0.0944. The monoisotopic (exact) mass is 264 g/mol. The van der Waals surface area contributed by atoms with Crippen molar-refractivity contribution >= 4 is 5.91 Å². The number of nitriles is 1. The number of carbonyl (C=O) groups excluding carboxylic acids is 1. The molecule has 0 bridgehead atoms. The van der Waals surface area contributed by atoms with Gasteiger partial charge in [-0.05, 0) is 31.5 Å². The molecule has 0 fully saturated rings. The maximum atomic E-state index is 12.3. The number of nitrogens with one attached hydrogen (secondary N) is 1. The molecule has 0 radical (unpaired) electrons. The van der Waals surface area contributed by atoms with E-state index in [0.29, 0.717) is 11.1 Å². The van der Waals surface area contributed by atoms with Gasteiger partial charge < -0.3 is 5.32 Å². The number of amides is 1. The van der Waals surface area contributed by atoms with E-state index in [1.807, 2.05) is 50.2 Å². The summed E-state index contributed by atoms with van der Waals surface area (Å²) in [4.78, 5) is 12.3. The van der Waals surface area contributed by atoms with Crippen molar-refractivity contribution < 1.29 is 4.79 Å². The molecular formula is C17H16N2O. The van der Waals surface area contributed by atoms with E-state index in [9.17, 15) is 10.1 Å². The second-order valence-electron chi connectivity index (χ2n) is 4.83. The van der Waals surface area contributed by atoms with E-state index in [1.165, 1.54) is 0 Å². The van der Waals surface area contributed by atoms with Gasteiger partial charge in [0.15, 0.2) is 0 Å². The lowest BCUT2D eigenvalue weighted by atomic mass is 9.95. The largest absolute Gasteiger partial charge is 0.350 e. The van der Waals surface area contributed by atoms with Crippen LogP contribution in [0.25, 0.3) is 11.1 Å². The minimum Gasteiger partial charge on any atom is -0.350 e. The van der Waals surface area contributed by atoms with Crippen LogP contribution in [0.3, 0.4) is 0 Å². The van der Waals surface area contributed by atoms with Crippen molar-refractivity contribution in [3.63, 3.8) is 0 Å². The van der Waals surface area contributed by atoms with E-state index in [4.69, 9.17) is 0 Å². The lowest BCUT2D eigenvalue weighted by Crippen LogP contribution is -2.30. The molecule has 0 saturated carbocycles. The molecule has 0 heterocycles. The van der Waals surface area contributed by atoms with Crippen LogP contribution >= 0.6 is 0 Å². The van der Waals surface area contributed by atoms with Crippen molar-refractivity contribution in [3.8, 4) is 17.2 Å². The van der Waals surface area contributed by atoms with Gasteiger partial charge in [-0.1, -0.05) is 36.4 Å². The topological polar surface area (TPSA) is 52.9 Å². The van der Waals surface area contributed by atoms with Gasteiger partial charge in [0, 0.05) is 17.2 Å². The van der Waals surface area contributed by atoms with Crippen molar-refractivity contribution in [2.75, 3.05) is 0 Å². The molecule has 0 aromatic heterocycles. The number of hydrogen-bond acceptors (Lipinski definition) is 2. The van der Waals surface area contributed by atoms with Crippen molar-refractivity contribution in [1.82, 2.24) is 5.32 Å². The van der Waals surface area contributed by atoms with E-state index >= 15 is 0 Å². The van der Waals surface area contributed by atoms with Crippen LogP contribution in [-0.2, 0) is 0 Å². The maximum absolute atomic E-state index is 12.3. The van der Waals surface area contributed by atoms with Gasteiger partial charge in [0.05, 0.1) is 11.6 Å². The smallest absolute Gasteiger partial charge is 0.252 e. The first-order valence-corrected chi connectivity index (χ1v) is 6.53. The Kier molecular flexibility index (Phi) is 4.17. The molecule has 100 valence electrons. The third kappa shape index (κ3) is 2.86. The Bertz CT molecular complexity index is 669. The highest BCUT2D eigenvalue weighted by atomic mass is 16.1. The summed E-state index contributed by atoms with van der Waals surface area (Å²) in [6, 6.07) is 16.9. The van der Waals surface area contributed by atoms with Gasteiger partial charge >= 0.3 is 0 Å². The van der Waals surface area contributed by atoms with Gasteiger partial charge in [0.25, 0.3) is 5.91 Å². The SMILES string of the molecule is CC(C)NC(=O)c1ccccc1-c1ccccc1C#N. The van der Waals surface area contributed by atoms with Crippen LogP contribution in [-0.4, -0.2) is 11.9 Å². The predicted octanol–water partition coefficient (Wildman–Crippen LogP) is 3.36. The van der Waals surface area contributed by atoms with E-state index in [1.54, 1.807) is 12.1 Å². The van der Waals surface area contributed by atoms with Crippen LogP contribution in [0.5, 0.6) is 0 Å². The molecule has 0 spiro atoms. The van der Waals surface area contributed by atoms with Crippen LogP contribution in [0.1, 0.15) is 29.8 Å². The van der Waals surface area contributed by atoms with E-state index in [0.717, 1.165) is 11.1 Å². The molecule has 2 aromatic carbocycles. The summed E-state index contributed by atoms with van der Waals surface area (Å²) in [7, 11) is 0. The summed E-state index contributed by atoms with van der Waals surface area (Å²) in [6.45, 7) is 3.84. The Balaban J connectivity index is 2.53. The molecule has 1 N–H and O–H groups in total. The molecule has 20 heavy (non-hydrogen) atoms. The second-order valence-corrected chi connectivity index (χ2v) is 4.83. The molecule has 0 atom stereocenters. The predicted molar refractivity (Wildman–Crippen MR) is 79.2 cm³/mol. The number of benzene rings is 2. The van der Waals surface area contributed by atoms with Crippen molar-refractivity contribution in [3.05, 3.63) is 59.7 Å². The molecule has 3 heteroatoms. The van der Waals surface area contributed by atoms with Crippen LogP contribution < -0.4 is 5.32 Å². The Hall–Kier alpha value is -2.60. The fourth-order valence-electron chi connectivity index (χ4n) is 2.07. The summed E-state index contributed by atoms with van der Waals surface area (Å²) in [5, 5.41) is 12.1. The zero-order valence-electron chi connectivity index (χ0n) is 11.6. The Morgan fingerprint density at radius 2 is 1.65 bits per heavy atom. The molecule has 0 aliphatic heterocycles. The second kappa shape index (κ2) is 6.03. The first-order chi connectivity index (χ1) is 9.63. The van der Waals surface area contributed by atoms with Crippen LogP contribution in [0.4, 0.5) is 0 Å². The zero-order chi connectivity index (χ0) is 14.5. The first-order valence-electron chi connectivity index (χ1n) is 6.53. The molecule has 2 aromatic rings. The molecule has 0 unspecified atom stereocenters. The minimum atomic E-state index is -0.122. The average Bonchev–Trinajstić information content (AvgIpc) is 2.46.